The van der Waals surface area contributed by atoms with Crippen molar-refractivity contribution in [1.82, 2.24) is 10.5 Å². The number of amides is 3. The van der Waals surface area contributed by atoms with Gasteiger partial charge in [-0.2, -0.15) is 0 Å². The minimum atomic E-state index is -0.570. The van der Waals surface area contributed by atoms with Crippen molar-refractivity contribution in [1.29, 1.82) is 0 Å². The third-order valence-electron chi connectivity index (χ3n) is 2.89. The molecule has 1 aromatic heterocycles. The number of urea groups is 1. The van der Waals surface area contributed by atoms with E-state index in [1.165, 1.54) is 0 Å². The quantitative estimate of drug-likeness (QED) is 0.668. The molecule has 3 amide bonds. The van der Waals surface area contributed by atoms with Gasteiger partial charge in [0.25, 0.3) is 5.91 Å². The minimum absolute atomic E-state index is 0.221. The fraction of sp³-hybridized carbons (Fsp3) is 0.462. The number of imide groups is 1. The molecule has 2 rings (SSSR count). The molecule has 0 aromatic carbocycles. The van der Waals surface area contributed by atoms with Crippen LogP contribution in [-0.4, -0.2) is 23.1 Å². The van der Waals surface area contributed by atoms with E-state index in [0.29, 0.717) is 12.2 Å². The Hall–Kier alpha value is -2.11. The zero-order valence-corrected chi connectivity index (χ0v) is 11.3. The van der Waals surface area contributed by atoms with Gasteiger partial charge in [-0.25, -0.2) is 9.69 Å². The summed E-state index contributed by atoms with van der Waals surface area (Å²) in [5, 5.41) is 6.39. The molecule has 19 heavy (non-hydrogen) atoms. The van der Waals surface area contributed by atoms with Gasteiger partial charge in [-0.3, -0.25) is 4.79 Å². The maximum atomic E-state index is 12.1. The number of hydrogen-bond donors (Lipinski definition) is 1. The van der Waals surface area contributed by atoms with Crippen LogP contribution in [0.2, 0.25) is 0 Å². The normalized spacial score (nSPS) is 19.7. The van der Waals surface area contributed by atoms with E-state index >= 15 is 0 Å². The summed E-state index contributed by atoms with van der Waals surface area (Å²) in [6.07, 6.45) is 1.99. The zero-order valence-electron chi connectivity index (χ0n) is 11.3. The van der Waals surface area contributed by atoms with Gasteiger partial charge in [-0.1, -0.05) is 32.0 Å². The Balaban J connectivity index is 2.27. The molecule has 1 aromatic rings. The smallest absolute Gasteiger partial charge is 0.330 e. The lowest BCUT2D eigenvalue weighted by molar-refractivity contribution is -0.118. The Labute approximate surface area is 111 Å². The molecule has 0 spiro atoms. The van der Waals surface area contributed by atoms with E-state index in [9.17, 15) is 9.59 Å². The topological polar surface area (TPSA) is 75.4 Å². The van der Waals surface area contributed by atoms with Crippen molar-refractivity contribution in [2.75, 3.05) is 4.90 Å². The first-order valence-corrected chi connectivity index (χ1v) is 6.07. The summed E-state index contributed by atoms with van der Waals surface area (Å²) >= 11 is 0. The van der Waals surface area contributed by atoms with Crippen molar-refractivity contribution in [3.8, 4) is 0 Å². The van der Waals surface area contributed by atoms with Gasteiger partial charge in [0.05, 0.1) is 0 Å². The summed E-state index contributed by atoms with van der Waals surface area (Å²) in [6.45, 7) is 9.45. The van der Waals surface area contributed by atoms with E-state index in [0.717, 1.165) is 4.90 Å². The molecule has 1 aliphatic heterocycles. The van der Waals surface area contributed by atoms with Crippen molar-refractivity contribution in [2.45, 2.75) is 38.6 Å². The third-order valence-corrected chi connectivity index (χ3v) is 2.89. The lowest BCUT2D eigenvalue weighted by Crippen LogP contribution is -2.31. The molecular weight excluding hydrogens is 246 g/mol. The molecule has 6 heteroatoms. The summed E-state index contributed by atoms with van der Waals surface area (Å²) in [4.78, 5) is 24.9. The van der Waals surface area contributed by atoms with E-state index in [4.69, 9.17) is 4.52 Å². The lowest BCUT2D eigenvalue weighted by Gasteiger charge is -2.12. The summed E-state index contributed by atoms with van der Waals surface area (Å²) < 4.78 is 5.19. The molecule has 0 bridgehead atoms. The second-order valence-electron chi connectivity index (χ2n) is 5.50. The highest BCUT2D eigenvalue weighted by atomic mass is 16.5. The average molecular weight is 263 g/mol. The van der Waals surface area contributed by atoms with Gasteiger partial charge in [-0.05, 0) is 6.42 Å². The number of rotatable bonds is 3. The van der Waals surface area contributed by atoms with Crippen molar-refractivity contribution in [3.63, 3.8) is 0 Å². The highest BCUT2D eigenvalue weighted by Gasteiger charge is 2.40. The monoisotopic (exact) mass is 263 g/mol. The summed E-state index contributed by atoms with van der Waals surface area (Å²) in [6, 6.07) is 0.568. The van der Waals surface area contributed by atoms with Crippen LogP contribution in [0.5, 0.6) is 0 Å². The Kier molecular flexibility index (Phi) is 3.18. The molecular formula is C13H17N3O3. The maximum Gasteiger partial charge on any atom is 0.330 e. The Morgan fingerprint density at radius 2 is 2.21 bits per heavy atom. The summed E-state index contributed by atoms with van der Waals surface area (Å²) in [7, 11) is 0. The molecule has 1 atom stereocenters. The van der Waals surface area contributed by atoms with Crippen molar-refractivity contribution in [3.05, 3.63) is 24.5 Å². The van der Waals surface area contributed by atoms with Crippen LogP contribution in [0.4, 0.5) is 10.6 Å². The predicted octanol–water partition coefficient (Wildman–Crippen LogP) is 1.97. The van der Waals surface area contributed by atoms with Crippen molar-refractivity contribution >= 4 is 17.8 Å². The molecule has 0 saturated carbocycles. The fourth-order valence-corrected chi connectivity index (χ4v) is 1.80. The number of carbonyl (C=O) groups is 2. The number of anilines is 1. The molecule has 1 fully saturated rings. The average Bonchev–Trinajstić information content (AvgIpc) is 2.85. The Bertz CT molecular complexity index is 527. The molecule has 2 heterocycles. The van der Waals surface area contributed by atoms with Gasteiger partial charge in [-0.15, -0.1) is 6.58 Å². The minimum Gasteiger partial charge on any atom is -0.359 e. The van der Waals surface area contributed by atoms with Crippen LogP contribution in [0, 0.1) is 0 Å². The number of carbonyl (C=O) groups excluding carboxylic acids is 2. The third kappa shape index (κ3) is 2.38. The molecule has 1 aliphatic rings. The van der Waals surface area contributed by atoms with Crippen LogP contribution in [0.15, 0.2) is 23.2 Å². The number of nitrogens with one attached hydrogen (secondary N) is 1. The molecule has 102 valence electrons. The maximum absolute atomic E-state index is 12.1. The molecule has 0 radical (unpaired) electrons. The number of hydrogen-bond acceptors (Lipinski definition) is 4. The molecule has 1 N–H and O–H groups in total. The van der Waals surface area contributed by atoms with E-state index in [1.54, 1.807) is 12.1 Å². The second-order valence-corrected chi connectivity index (χ2v) is 5.50. The van der Waals surface area contributed by atoms with E-state index in [1.807, 2.05) is 20.8 Å². The molecule has 0 aliphatic carbocycles. The summed E-state index contributed by atoms with van der Waals surface area (Å²) in [5.74, 6) is 0.507. The van der Waals surface area contributed by atoms with Crippen LogP contribution in [-0.2, 0) is 10.2 Å². The molecule has 1 saturated heterocycles. The fourth-order valence-electron chi connectivity index (χ4n) is 1.80. The van der Waals surface area contributed by atoms with E-state index in [2.05, 4.69) is 17.1 Å². The van der Waals surface area contributed by atoms with Crippen LogP contribution in [0.25, 0.3) is 0 Å². The van der Waals surface area contributed by atoms with Crippen LogP contribution in [0.1, 0.15) is 33.0 Å². The van der Waals surface area contributed by atoms with E-state index < -0.39 is 12.1 Å². The lowest BCUT2D eigenvalue weighted by atomic mass is 9.93. The zero-order chi connectivity index (χ0) is 14.2. The first-order valence-electron chi connectivity index (χ1n) is 6.07. The molecule has 6 nitrogen and oxygen atoms in total. The summed E-state index contributed by atoms with van der Waals surface area (Å²) in [5.41, 5.74) is -0.231. The standard InChI is InChI=1S/C13H17N3O3/c1-5-6-8-11(17)16(12(18)14-8)10-7-9(19-15-10)13(2,3)4/h5,7-8H,1,6H2,2-4H3,(H,14,18). The SMILES string of the molecule is C=CCC1NC(=O)N(c2cc(C(C)(C)C)on2)C1=O. The van der Waals surface area contributed by atoms with Gasteiger partial charge in [0.1, 0.15) is 11.8 Å². The van der Waals surface area contributed by atoms with Gasteiger partial charge >= 0.3 is 6.03 Å². The highest BCUT2D eigenvalue weighted by Crippen LogP contribution is 2.27. The van der Waals surface area contributed by atoms with Crippen LogP contribution >= 0.6 is 0 Å². The largest absolute Gasteiger partial charge is 0.359 e. The Morgan fingerprint density at radius 3 is 2.74 bits per heavy atom. The van der Waals surface area contributed by atoms with Crippen molar-refractivity contribution < 1.29 is 14.1 Å². The number of aromatic nitrogens is 1. The van der Waals surface area contributed by atoms with Gasteiger partial charge < -0.3 is 9.84 Å². The van der Waals surface area contributed by atoms with Gasteiger partial charge in [0.2, 0.25) is 0 Å². The first-order chi connectivity index (χ1) is 8.84. The second kappa shape index (κ2) is 4.53. The Morgan fingerprint density at radius 1 is 1.53 bits per heavy atom. The molecule has 1 unspecified atom stereocenters. The first kappa shape index (κ1) is 13.3. The highest BCUT2D eigenvalue weighted by molar-refractivity contribution is 6.20. The predicted molar refractivity (Wildman–Crippen MR) is 69.8 cm³/mol. The van der Waals surface area contributed by atoms with Gasteiger partial charge in [0, 0.05) is 11.5 Å². The van der Waals surface area contributed by atoms with Gasteiger partial charge in [0.15, 0.2) is 5.82 Å². The van der Waals surface area contributed by atoms with Crippen LogP contribution < -0.4 is 10.2 Å². The van der Waals surface area contributed by atoms with E-state index in [-0.39, 0.29) is 17.1 Å². The van der Waals surface area contributed by atoms with Crippen molar-refractivity contribution in [2.24, 2.45) is 0 Å². The van der Waals surface area contributed by atoms with Crippen LogP contribution in [0.3, 0.4) is 0 Å². The number of nitrogens with zero attached hydrogens (tertiary/aromatic N) is 2.